The van der Waals surface area contributed by atoms with Gasteiger partial charge in [-0.2, -0.15) is 0 Å². The Morgan fingerprint density at radius 1 is 0.511 bits per heavy atom. The summed E-state index contributed by atoms with van der Waals surface area (Å²) in [6, 6.07) is -0.799. The molecule has 0 saturated carbocycles. The molecule has 47 heavy (non-hydrogen) atoms. The Morgan fingerprint density at radius 2 is 0.872 bits per heavy atom. The van der Waals surface area contributed by atoms with Gasteiger partial charge < -0.3 is 20.6 Å². The Kier molecular flexibility index (Phi) is 36.7. The molecule has 0 heterocycles. The third-order valence-corrected chi connectivity index (χ3v) is 9.54. The van der Waals surface area contributed by atoms with Crippen molar-refractivity contribution in [3.8, 4) is 0 Å². The topological polar surface area (TPSA) is 89.8 Å². The van der Waals surface area contributed by atoms with E-state index in [4.69, 9.17) is 0 Å². The van der Waals surface area contributed by atoms with Gasteiger partial charge in [0, 0.05) is 0 Å². The van der Waals surface area contributed by atoms with Crippen molar-refractivity contribution in [3.63, 3.8) is 0 Å². The molecule has 0 aliphatic rings. The molecule has 5 nitrogen and oxygen atoms in total. The van der Waals surface area contributed by atoms with Crippen molar-refractivity contribution in [2.24, 2.45) is 0 Å². The highest BCUT2D eigenvalue weighted by Gasteiger charge is 2.22. The number of carbonyl (C=O) groups excluding carboxylic acids is 1. The zero-order valence-electron chi connectivity index (χ0n) is 31.4. The zero-order chi connectivity index (χ0) is 34.5. The lowest BCUT2D eigenvalue weighted by molar-refractivity contribution is -0.131. The molecule has 0 aliphatic carbocycles. The minimum Gasteiger partial charge on any atom is -0.394 e. The van der Waals surface area contributed by atoms with Gasteiger partial charge in [-0.25, -0.2) is 0 Å². The van der Waals surface area contributed by atoms with E-state index in [0.717, 1.165) is 51.4 Å². The van der Waals surface area contributed by atoms with E-state index in [0.29, 0.717) is 6.42 Å². The van der Waals surface area contributed by atoms with Crippen molar-refractivity contribution in [1.82, 2.24) is 5.32 Å². The third-order valence-electron chi connectivity index (χ3n) is 9.54. The van der Waals surface area contributed by atoms with Crippen LogP contribution in [0.3, 0.4) is 0 Å². The van der Waals surface area contributed by atoms with Gasteiger partial charge in [0.15, 0.2) is 0 Å². The number of nitrogens with one attached hydrogen (secondary N) is 1. The van der Waals surface area contributed by atoms with Crippen LogP contribution in [0.2, 0.25) is 0 Å². The van der Waals surface area contributed by atoms with Crippen LogP contribution in [0, 0.1) is 0 Å². The second-order valence-electron chi connectivity index (χ2n) is 14.2. The number of carbonyl (C=O) groups is 1. The number of aliphatic hydroxyl groups is 3. The molecule has 0 bridgehead atoms. The van der Waals surface area contributed by atoms with Gasteiger partial charge in [0.2, 0.25) is 5.91 Å². The summed E-state index contributed by atoms with van der Waals surface area (Å²) in [5.41, 5.74) is 0. The monoisotopic (exact) mass is 664 g/mol. The van der Waals surface area contributed by atoms with Crippen molar-refractivity contribution in [2.45, 2.75) is 231 Å². The summed E-state index contributed by atoms with van der Waals surface area (Å²) in [4.78, 5) is 12.4. The number of hydrogen-bond donors (Lipinski definition) is 4. The molecule has 5 heteroatoms. The molecule has 0 aromatic rings. The van der Waals surface area contributed by atoms with Gasteiger partial charge in [-0.15, -0.1) is 0 Å². The molecule has 278 valence electrons. The summed E-state index contributed by atoms with van der Waals surface area (Å²) in [6.45, 7) is 4.13. The van der Waals surface area contributed by atoms with E-state index in [1.165, 1.54) is 141 Å². The molecule has 0 fully saturated rings. The summed E-state index contributed by atoms with van der Waals surface area (Å²) >= 11 is 0. The molecule has 3 atom stereocenters. The number of allylic oxidation sites excluding steroid dienone is 3. The molecule has 0 rings (SSSR count). The minimum atomic E-state index is -1.10. The van der Waals surface area contributed by atoms with E-state index in [-0.39, 0.29) is 6.61 Å². The maximum absolute atomic E-state index is 12.4. The van der Waals surface area contributed by atoms with Crippen LogP contribution in [0.4, 0.5) is 0 Å². The Morgan fingerprint density at radius 3 is 1.30 bits per heavy atom. The van der Waals surface area contributed by atoms with Crippen LogP contribution in [-0.2, 0) is 4.79 Å². The number of aliphatic hydroxyl groups excluding tert-OH is 3. The van der Waals surface area contributed by atoms with Crippen LogP contribution in [0.25, 0.3) is 0 Å². The summed E-state index contributed by atoms with van der Waals surface area (Å²) in [5.74, 6) is -0.514. The molecule has 1 amide bonds. The van der Waals surface area contributed by atoms with Crippen molar-refractivity contribution < 1.29 is 20.1 Å². The third kappa shape index (κ3) is 33.1. The SMILES string of the molecule is CCCC/C=C\CCCCCCC(O)C(=O)NC(CO)C(O)/C=C/CCCCCCCCCCCCCCCCCCCCCCC. The van der Waals surface area contributed by atoms with Gasteiger partial charge in [-0.05, 0) is 38.5 Å². The van der Waals surface area contributed by atoms with Crippen LogP contribution < -0.4 is 5.32 Å². The summed E-state index contributed by atoms with van der Waals surface area (Å²) in [5, 5.41) is 33.0. The maximum Gasteiger partial charge on any atom is 0.249 e. The molecule has 0 aromatic heterocycles. The number of unbranched alkanes of at least 4 members (excludes halogenated alkanes) is 27. The van der Waals surface area contributed by atoms with Crippen molar-refractivity contribution >= 4 is 5.91 Å². The van der Waals surface area contributed by atoms with E-state index in [2.05, 4.69) is 31.3 Å². The fourth-order valence-electron chi connectivity index (χ4n) is 6.22. The molecule has 3 unspecified atom stereocenters. The van der Waals surface area contributed by atoms with E-state index in [9.17, 15) is 20.1 Å². The highest BCUT2D eigenvalue weighted by atomic mass is 16.3. The van der Waals surface area contributed by atoms with Crippen LogP contribution in [-0.4, -0.2) is 46.1 Å². The molecular formula is C42H81NO4. The highest BCUT2D eigenvalue weighted by Crippen LogP contribution is 2.16. The van der Waals surface area contributed by atoms with Gasteiger partial charge in [0.25, 0.3) is 0 Å². The van der Waals surface area contributed by atoms with Crippen molar-refractivity contribution in [2.75, 3.05) is 6.61 Å². The lowest BCUT2D eigenvalue weighted by Crippen LogP contribution is -2.48. The first-order chi connectivity index (χ1) is 23.1. The number of amides is 1. The van der Waals surface area contributed by atoms with Crippen LogP contribution in [0.15, 0.2) is 24.3 Å². The van der Waals surface area contributed by atoms with E-state index in [1.54, 1.807) is 6.08 Å². The standard InChI is InChI=1S/C42H81NO4/c1-3-5-7-9-11-13-15-16-17-18-19-20-21-22-23-24-25-26-27-29-30-32-34-36-40(45)39(38-44)43-42(47)41(46)37-35-33-31-28-14-12-10-8-6-4-2/h10,12,34,36,39-41,44-46H,3-9,11,13-33,35,37-38H2,1-2H3,(H,43,47)/b12-10-,36-34+. The van der Waals surface area contributed by atoms with Gasteiger partial charge in [0.1, 0.15) is 6.10 Å². The summed E-state index contributed by atoms with van der Waals surface area (Å²) < 4.78 is 0. The van der Waals surface area contributed by atoms with Gasteiger partial charge in [0.05, 0.1) is 18.8 Å². The van der Waals surface area contributed by atoms with Crippen molar-refractivity contribution in [3.05, 3.63) is 24.3 Å². The first kappa shape index (κ1) is 45.8. The molecule has 0 aromatic carbocycles. The molecule has 0 radical (unpaired) electrons. The smallest absolute Gasteiger partial charge is 0.249 e. The molecule has 0 spiro atoms. The quantitative estimate of drug-likeness (QED) is 0.0393. The Bertz CT molecular complexity index is 694. The maximum atomic E-state index is 12.4. The Hall–Kier alpha value is -1.17. The highest BCUT2D eigenvalue weighted by molar-refractivity contribution is 5.80. The molecule has 0 aliphatic heterocycles. The zero-order valence-corrected chi connectivity index (χ0v) is 31.4. The first-order valence-electron chi connectivity index (χ1n) is 20.7. The van der Waals surface area contributed by atoms with Gasteiger partial charge in [-0.1, -0.05) is 199 Å². The van der Waals surface area contributed by atoms with Crippen LogP contribution >= 0.6 is 0 Å². The number of rotatable bonds is 37. The minimum absolute atomic E-state index is 0.366. The average Bonchev–Trinajstić information content (AvgIpc) is 3.07. The van der Waals surface area contributed by atoms with Crippen LogP contribution in [0.1, 0.15) is 213 Å². The number of hydrogen-bond acceptors (Lipinski definition) is 4. The van der Waals surface area contributed by atoms with Crippen LogP contribution in [0.5, 0.6) is 0 Å². The Balaban J connectivity index is 3.62. The summed E-state index contributed by atoms with van der Waals surface area (Å²) in [7, 11) is 0. The fraction of sp³-hybridized carbons (Fsp3) is 0.881. The normalized spacial score (nSPS) is 13.9. The lowest BCUT2D eigenvalue weighted by atomic mass is 10.0. The van der Waals surface area contributed by atoms with Crippen molar-refractivity contribution in [1.29, 1.82) is 0 Å². The van der Waals surface area contributed by atoms with E-state index in [1.807, 2.05) is 6.08 Å². The largest absolute Gasteiger partial charge is 0.394 e. The molecule has 0 saturated heterocycles. The van der Waals surface area contributed by atoms with E-state index < -0.39 is 24.2 Å². The first-order valence-corrected chi connectivity index (χ1v) is 20.7. The predicted molar refractivity (Wildman–Crippen MR) is 204 cm³/mol. The Labute approximate surface area is 292 Å². The van der Waals surface area contributed by atoms with E-state index >= 15 is 0 Å². The lowest BCUT2D eigenvalue weighted by Gasteiger charge is -2.21. The molecule has 4 N–H and O–H groups in total. The van der Waals surface area contributed by atoms with Gasteiger partial charge in [-0.3, -0.25) is 4.79 Å². The predicted octanol–water partition coefficient (Wildman–Crippen LogP) is 11.4. The second-order valence-corrected chi connectivity index (χ2v) is 14.2. The summed E-state index contributed by atoms with van der Waals surface area (Å²) in [6.07, 6.45) is 45.0. The second kappa shape index (κ2) is 37.6. The molecular weight excluding hydrogens is 582 g/mol. The van der Waals surface area contributed by atoms with Gasteiger partial charge >= 0.3 is 0 Å². The average molecular weight is 664 g/mol. The fourth-order valence-corrected chi connectivity index (χ4v) is 6.22.